The summed E-state index contributed by atoms with van der Waals surface area (Å²) in [6.45, 7) is 0. The fourth-order valence-electron chi connectivity index (χ4n) is 1.72. The minimum absolute atomic E-state index is 0.112. The fourth-order valence-corrected chi connectivity index (χ4v) is 3.19. The highest BCUT2D eigenvalue weighted by Gasteiger charge is 2.15. The van der Waals surface area contributed by atoms with Gasteiger partial charge in [-0.25, -0.2) is 4.39 Å². The lowest BCUT2D eigenvalue weighted by Gasteiger charge is -2.13. The minimum atomic E-state index is -0.268. The van der Waals surface area contributed by atoms with E-state index in [4.69, 9.17) is 11.6 Å². The Hall–Kier alpha value is 0.1000. The Labute approximate surface area is 141 Å². The maximum atomic E-state index is 13.9. The van der Waals surface area contributed by atoms with E-state index in [0.29, 0.717) is 21.5 Å². The number of rotatable bonds is 3. The van der Waals surface area contributed by atoms with Crippen molar-refractivity contribution < 1.29 is 4.39 Å². The van der Waals surface area contributed by atoms with E-state index in [1.54, 1.807) is 6.07 Å². The number of hydrogen-bond acceptors (Lipinski definition) is 0. The first-order chi connectivity index (χ1) is 8.97. The number of halogens is 5. The zero-order valence-electron chi connectivity index (χ0n) is 9.64. The summed E-state index contributed by atoms with van der Waals surface area (Å²) in [5, 5.41) is 0.511. The molecular weight excluding hydrogens is 462 g/mol. The van der Waals surface area contributed by atoms with Crippen molar-refractivity contribution in [1.29, 1.82) is 0 Å². The van der Waals surface area contributed by atoms with Gasteiger partial charge in [0, 0.05) is 19.3 Å². The van der Waals surface area contributed by atoms with Crippen molar-refractivity contribution in [3.8, 4) is 0 Å². The number of hydrogen-bond donors (Lipinski definition) is 0. The van der Waals surface area contributed by atoms with Gasteiger partial charge >= 0.3 is 0 Å². The molecule has 0 aliphatic carbocycles. The molecule has 1 unspecified atom stereocenters. The van der Waals surface area contributed by atoms with Crippen molar-refractivity contribution in [3.05, 3.63) is 67.3 Å². The van der Waals surface area contributed by atoms with Crippen LogP contribution in [0.4, 0.5) is 4.39 Å². The molecule has 0 heterocycles. The zero-order chi connectivity index (χ0) is 14.0. The summed E-state index contributed by atoms with van der Waals surface area (Å²) in [6.07, 6.45) is 0.697. The van der Waals surface area contributed by atoms with Crippen LogP contribution in [0.1, 0.15) is 16.0 Å². The van der Waals surface area contributed by atoms with E-state index in [1.165, 1.54) is 6.07 Å². The van der Waals surface area contributed by atoms with Gasteiger partial charge in [-0.15, -0.1) is 0 Å². The van der Waals surface area contributed by atoms with E-state index in [0.717, 1.165) is 10.0 Å². The molecule has 0 aliphatic rings. The molecule has 0 aliphatic heterocycles. The lowest BCUT2D eigenvalue weighted by molar-refractivity contribution is 0.607. The van der Waals surface area contributed by atoms with Crippen LogP contribution in [0.3, 0.4) is 0 Å². The second-order valence-corrected chi connectivity index (χ2v) is 7.37. The van der Waals surface area contributed by atoms with Crippen LogP contribution in [-0.2, 0) is 6.42 Å². The van der Waals surface area contributed by atoms with Crippen LogP contribution < -0.4 is 0 Å². The van der Waals surface area contributed by atoms with Crippen molar-refractivity contribution in [2.75, 3.05) is 0 Å². The van der Waals surface area contributed by atoms with Crippen LogP contribution in [0.25, 0.3) is 0 Å². The molecular formula is C14H9Br3ClF. The second kappa shape index (κ2) is 6.70. The third-order valence-electron chi connectivity index (χ3n) is 2.71. The average molecular weight is 471 g/mol. The average Bonchev–Trinajstić information content (AvgIpc) is 2.36. The first-order valence-electron chi connectivity index (χ1n) is 5.50. The molecule has 0 nitrogen and oxygen atoms in total. The minimum Gasteiger partial charge on any atom is -0.207 e. The normalized spacial score (nSPS) is 12.5. The largest absolute Gasteiger partial charge is 0.207 e. The number of alkyl halides is 1. The van der Waals surface area contributed by atoms with Gasteiger partial charge in [-0.05, 0) is 52.2 Å². The molecule has 0 saturated heterocycles. The Morgan fingerprint density at radius 1 is 1.11 bits per heavy atom. The summed E-state index contributed by atoms with van der Waals surface area (Å²) in [7, 11) is 0. The smallest absolute Gasteiger partial charge is 0.128 e. The van der Waals surface area contributed by atoms with Crippen LogP contribution in [0, 0.1) is 5.82 Å². The molecule has 2 aromatic rings. The molecule has 1 atom stereocenters. The highest BCUT2D eigenvalue weighted by Crippen LogP contribution is 2.34. The fraction of sp³-hybridized carbons (Fsp3) is 0.143. The van der Waals surface area contributed by atoms with E-state index >= 15 is 0 Å². The summed E-state index contributed by atoms with van der Waals surface area (Å²) in [5.74, 6) is -0.268. The Kier molecular flexibility index (Phi) is 5.46. The van der Waals surface area contributed by atoms with E-state index in [2.05, 4.69) is 47.8 Å². The topological polar surface area (TPSA) is 0 Å². The van der Waals surface area contributed by atoms with Gasteiger partial charge in [0.25, 0.3) is 0 Å². The Bertz CT molecular complexity index is 584. The van der Waals surface area contributed by atoms with Gasteiger partial charge in [0.15, 0.2) is 0 Å². The van der Waals surface area contributed by atoms with E-state index in [1.807, 2.05) is 24.3 Å². The molecule has 0 radical (unpaired) electrons. The summed E-state index contributed by atoms with van der Waals surface area (Å²) >= 11 is 16.1. The van der Waals surface area contributed by atoms with E-state index < -0.39 is 0 Å². The van der Waals surface area contributed by atoms with Crippen LogP contribution in [0.15, 0.2) is 45.3 Å². The molecule has 0 fully saturated rings. The van der Waals surface area contributed by atoms with Crippen molar-refractivity contribution in [3.63, 3.8) is 0 Å². The summed E-state index contributed by atoms with van der Waals surface area (Å²) in [5.41, 5.74) is 1.69. The van der Waals surface area contributed by atoms with Gasteiger partial charge in [-0.1, -0.05) is 55.6 Å². The van der Waals surface area contributed by atoms with Gasteiger partial charge in [0.2, 0.25) is 0 Å². The Balaban J connectivity index is 2.22. The van der Waals surface area contributed by atoms with Crippen LogP contribution in [0.5, 0.6) is 0 Å². The predicted molar refractivity (Wildman–Crippen MR) is 88.6 cm³/mol. The van der Waals surface area contributed by atoms with Crippen LogP contribution in [-0.4, -0.2) is 0 Å². The standard InChI is InChI=1S/C14H9Br3ClF/c15-9-3-1-8(2-4-9)5-11(16)10-6-13(18)12(17)7-14(10)19/h1-4,6-7,11H,5H2. The van der Waals surface area contributed by atoms with Crippen molar-refractivity contribution in [1.82, 2.24) is 0 Å². The molecule has 2 rings (SSSR count). The SMILES string of the molecule is Fc1cc(Br)c(Cl)cc1C(Br)Cc1ccc(Br)cc1. The molecule has 2 aromatic carbocycles. The van der Waals surface area contributed by atoms with Gasteiger partial charge in [-0.3, -0.25) is 0 Å². The van der Waals surface area contributed by atoms with Gasteiger partial charge in [0.1, 0.15) is 5.82 Å². The molecule has 0 aromatic heterocycles. The number of benzene rings is 2. The zero-order valence-corrected chi connectivity index (χ0v) is 15.2. The summed E-state index contributed by atoms with van der Waals surface area (Å²) in [6, 6.07) is 11.0. The molecule has 0 bridgehead atoms. The summed E-state index contributed by atoms with van der Waals surface area (Å²) in [4.78, 5) is -0.112. The lowest BCUT2D eigenvalue weighted by Crippen LogP contribution is -1.99. The Morgan fingerprint density at radius 3 is 2.37 bits per heavy atom. The highest BCUT2D eigenvalue weighted by atomic mass is 79.9. The summed E-state index contributed by atoms with van der Waals surface area (Å²) < 4.78 is 15.5. The second-order valence-electron chi connectivity index (χ2n) is 4.09. The quantitative estimate of drug-likeness (QED) is 0.346. The third kappa shape index (κ3) is 4.03. The van der Waals surface area contributed by atoms with Crippen LogP contribution >= 0.6 is 59.4 Å². The van der Waals surface area contributed by atoms with Gasteiger partial charge in [-0.2, -0.15) is 0 Å². The van der Waals surface area contributed by atoms with E-state index in [9.17, 15) is 4.39 Å². The third-order valence-corrected chi connectivity index (χ3v) is 5.25. The Morgan fingerprint density at radius 2 is 1.74 bits per heavy atom. The van der Waals surface area contributed by atoms with Crippen molar-refractivity contribution in [2.45, 2.75) is 11.2 Å². The molecule has 0 N–H and O–H groups in total. The molecule has 100 valence electrons. The molecule has 0 spiro atoms. The van der Waals surface area contributed by atoms with Crippen LogP contribution in [0.2, 0.25) is 5.02 Å². The molecule has 0 amide bonds. The molecule has 0 saturated carbocycles. The van der Waals surface area contributed by atoms with Crippen molar-refractivity contribution in [2.24, 2.45) is 0 Å². The lowest BCUT2D eigenvalue weighted by atomic mass is 10.0. The molecule has 19 heavy (non-hydrogen) atoms. The first kappa shape index (κ1) is 15.5. The highest BCUT2D eigenvalue weighted by molar-refractivity contribution is 9.11. The van der Waals surface area contributed by atoms with E-state index in [-0.39, 0.29) is 10.6 Å². The molecule has 5 heteroatoms. The van der Waals surface area contributed by atoms with Gasteiger partial charge in [0.05, 0.1) is 5.02 Å². The van der Waals surface area contributed by atoms with Gasteiger partial charge < -0.3 is 0 Å². The monoisotopic (exact) mass is 468 g/mol. The maximum Gasteiger partial charge on any atom is 0.128 e. The predicted octanol–water partition coefficient (Wildman–Crippen LogP) is 6.68. The maximum absolute atomic E-state index is 13.9. The van der Waals surface area contributed by atoms with Crippen molar-refractivity contribution >= 4 is 59.4 Å². The first-order valence-corrected chi connectivity index (χ1v) is 8.38.